The highest BCUT2D eigenvalue weighted by atomic mass is 19.1. The lowest BCUT2D eigenvalue weighted by atomic mass is 9.89. The average molecular weight is 491 g/mol. The van der Waals surface area contributed by atoms with E-state index in [9.17, 15) is 9.18 Å². The first kappa shape index (κ1) is 23.0. The van der Waals surface area contributed by atoms with E-state index in [1.807, 2.05) is 6.92 Å². The molecule has 8 heteroatoms. The number of carbonyl (C=O) groups excluding carboxylic acids is 1. The van der Waals surface area contributed by atoms with Crippen LogP contribution in [-0.2, 0) is 11.3 Å². The maximum Gasteiger partial charge on any atom is 0.339 e. The molecule has 6 rings (SSSR count). The van der Waals surface area contributed by atoms with Crippen molar-refractivity contribution in [2.45, 2.75) is 45.1 Å². The Labute approximate surface area is 209 Å². The van der Waals surface area contributed by atoms with E-state index < -0.39 is 5.97 Å². The number of fused-ring (bicyclic) bond motifs is 2. The van der Waals surface area contributed by atoms with Crippen molar-refractivity contribution >= 4 is 22.4 Å². The summed E-state index contributed by atoms with van der Waals surface area (Å²) < 4.78 is 29.5. The van der Waals surface area contributed by atoms with Gasteiger partial charge in [0.05, 0.1) is 31.0 Å². The lowest BCUT2D eigenvalue weighted by molar-refractivity contribution is 0.0599. The molecule has 1 aliphatic carbocycles. The summed E-state index contributed by atoms with van der Waals surface area (Å²) in [7, 11) is 2.94. The zero-order valence-corrected chi connectivity index (χ0v) is 20.9. The standard InChI is InChI=1S/C28H31FN4O3/c1-16-25(31-33-15-20(28(34)36-3)12-24(35-2)26(16)33)23-11-19-10-21(29)13-22(18-6-8-30-9-7-18)27(19)32(23)14-17-4-5-17/h10-13,15,17-18,30H,4-9,14H2,1-3H3. The number of esters is 1. The van der Waals surface area contributed by atoms with Crippen LogP contribution in [0.15, 0.2) is 30.5 Å². The van der Waals surface area contributed by atoms with Gasteiger partial charge < -0.3 is 19.4 Å². The fraction of sp³-hybridized carbons (Fsp3) is 0.429. The molecule has 2 fully saturated rings. The van der Waals surface area contributed by atoms with Gasteiger partial charge in [0.2, 0.25) is 0 Å². The van der Waals surface area contributed by atoms with Crippen molar-refractivity contribution in [3.63, 3.8) is 0 Å². The largest absolute Gasteiger partial charge is 0.494 e. The van der Waals surface area contributed by atoms with Gasteiger partial charge in [-0.05, 0) is 87.4 Å². The number of benzene rings is 1. The van der Waals surface area contributed by atoms with Gasteiger partial charge in [-0.25, -0.2) is 13.7 Å². The van der Waals surface area contributed by atoms with Gasteiger partial charge in [-0.3, -0.25) is 0 Å². The first-order chi connectivity index (χ1) is 17.5. The molecule has 1 N–H and O–H groups in total. The number of ether oxygens (including phenoxy) is 2. The summed E-state index contributed by atoms with van der Waals surface area (Å²) in [6.07, 6.45) is 6.11. The Morgan fingerprint density at radius 2 is 1.89 bits per heavy atom. The van der Waals surface area contributed by atoms with E-state index >= 15 is 0 Å². The predicted octanol–water partition coefficient (Wildman–Crippen LogP) is 5.08. The van der Waals surface area contributed by atoms with E-state index in [-0.39, 0.29) is 5.82 Å². The van der Waals surface area contributed by atoms with Crippen LogP contribution in [0.4, 0.5) is 4.39 Å². The molecule has 3 aromatic heterocycles. The molecule has 0 amide bonds. The molecule has 1 saturated carbocycles. The predicted molar refractivity (Wildman–Crippen MR) is 136 cm³/mol. The molecule has 2 aliphatic rings. The zero-order valence-electron chi connectivity index (χ0n) is 20.9. The summed E-state index contributed by atoms with van der Waals surface area (Å²) >= 11 is 0. The number of aromatic nitrogens is 3. The number of halogens is 1. The summed E-state index contributed by atoms with van der Waals surface area (Å²) in [6, 6.07) is 7.15. The summed E-state index contributed by atoms with van der Waals surface area (Å²) in [5.74, 6) is 0.871. The maximum absolute atomic E-state index is 14.9. The van der Waals surface area contributed by atoms with Crippen LogP contribution < -0.4 is 10.1 Å². The lowest BCUT2D eigenvalue weighted by Crippen LogP contribution is -2.27. The molecule has 36 heavy (non-hydrogen) atoms. The molecule has 4 heterocycles. The monoisotopic (exact) mass is 490 g/mol. The number of aryl methyl sites for hydroxylation is 1. The minimum Gasteiger partial charge on any atom is -0.494 e. The highest BCUT2D eigenvalue weighted by Gasteiger charge is 2.29. The number of nitrogens with zero attached hydrogens (tertiary/aromatic N) is 3. The molecule has 1 aromatic carbocycles. The van der Waals surface area contributed by atoms with Gasteiger partial charge in [0.25, 0.3) is 0 Å². The van der Waals surface area contributed by atoms with Crippen LogP contribution in [0, 0.1) is 18.7 Å². The van der Waals surface area contributed by atoms with Gasteiger partial charge in [0, 0.05) is 23.7 Å². The Hall–Kier alpha value is -3.39. The molecule has 4 aromatic rings. The molecule has 7 nitrogen and oxygen atoms in total. The van der Waals surface area contributed by atoms with E-state index in [2.05, 4.69) is 16.0 Å². The number of piperidine rings is 1. The fourth-order valence-electron chi connectivity index (χ4n) is 5.71. The highest BCUT2D eigenvalue weighted by molar-refractivity contribution is 5.93. The molecule has 0 unspecified atom stereocenters. The summed E-state index contributed by atoms with van der Waals surface area (Å²) in [5, 5.41) is 9.26. The zero-order chi connectivity index (χ0) is 25.0. The molecule has 0 bridgehead atoms. The van der Waals surface area contributed by atoms with Crippen molar-refractivity contribution in [3.05, 3.63) is 53.0 Å². The molecule has 0 atom stereocenters. The van der Waals surface area contributed by atoms with Crippen LogP contribution in [0.1, 0.15) is 53.1 Å². The SMILES string of the molecule is COC(=O)c1cc(OC)c2c(C)c(-c3cc4cc(F)cc(C5CCNCC5)c4n3CC3CC3)nn2c1. The van der Waals surface area contributed by atoms with Crippen LogP contribution in [-0.4, -0.2) is 47.5 Å². The van der Waals surface area contributed by atoms with Crippen LogP contribution in [0.3, 0.4) is 0 Å². The van der Waals surface area contributed by atoms with Crippen LogP contribution >= 0.6 is 0 Å². The minimum atomic E-state index is -0.449. The number of pyridine rings is 1. The smallest absolute Gasteiger partial charge is 0.339 e. The van der Waals surface area contributed by atoms with Crippen LogP contribution in [0.25, 0.3) is 27.8 Å². The quantitative estimate of drug-likeness (QED) is 0.382. The summed E-state index contributed by atoms with van der Waals surface area (Å²) in [6.45, 7) is 4.81. The van der Waals surface area contributed by atoms with E-state index in [0.717, 1.165) is 71.4 Å². The first-order valence-electron chi connectivity index (χ1n) is 12.7. The molecular formula is C28H31FN4O3. The van der Waals surface area contributed by atoms with E-state index in [4.69, 9.17) is 14.6 Å². The molecule has 0 radical (unpaired) electrons. The van der Waals surface area contributed by atoms with E-state index in [1.165, 1.54) is 20.0 Å². The second-order valence-corrected chi connectivity index (χ2v) is 10.1. The minimum absolute atomic E-state index is 0.192. The second kappa shape index (κ2) is 8.92. The number of methoxy groups -OCH3 is 2. The van der Waals surface area contributed by atoms with E-state index in [1.54, 1.807) is 36.0 Å². The third-order valence-corrected chi connectivity index (χ3v) is 7.72. The van der Waals surface area contributed by atoms with Gasteiger partial charge in [0.1, 0.15) is 22.8 Å². The second-order valence-electron chi connectivity index (χ2n) is 10.1. The third kappa shape index (κ3) is 3.84. The Kier molecular flexibility index (Phi) is 5.71. The third-order valence-electron chi connectivity index (χ3n) is 7.72. The van der Waals surface area contributed by atoms with Crippen LogP contribution in [0.2, 0.25) is 0 Å². The van der Waals surface area contributed by atoms with Gasteiger partial charge in [-0.15, -0.1) is 0 Å². The topological polar surface area (TPSA) is 69.8 Å². The molecule has 1 saturated heterocycles. The Morgan fingerprint density at radius 3 is 2.58 bits per heavy atom. The Balaban J connectivity index is 1.59. The molecule has 188 valence electrons. The fourth-order valence-corrected chi connectivity index (χ4v) is 5.71. The van der Waals surface area contributed by atoms with Crippen molar-refractivity contribution in [1.29, 1.82) is 0 Å². The van der Waals surface area contributed by atoms with E-state index in [0.29, 0.717) is 23.1 Å². The van der Waals surface area contributed by atoms with Crippen molar-refractivity contribution in [1.82, 2.24) is 19.5 Å². The number of hydrogen-bond acceptors (Lipinski definition) is 5. The lowest BCUT2D eigenvalue weighted by Gasteiger charge is -2.25. The Bertz CT molecular complexity index is 1480. The van der Waals surface area contributed by atoms with Gasteiger partial charge in [-0.2, -0.15) is 5.10 Å². The van der Waals surface area contributed by atoms with Gasteiger partial charge >= 0.3 is 5.97 Å². The van der Waals surface area contributed by atoms with Crippen molar-refractivity contribution in [2.75, 3.05) is 27.3 Å². The summed E-state index contributed by atoms with van der Waals surface area (Å²) in [5.41, 5.74) is 6.13. The van der Waals surface area contributed by atoms with Crippen molar-refractivity contribution in [3.8, 4) is 17.1 Å². The molecule has 1 aliphatic heterocycles. The highest BCUT2D eigenvalue weighted by Crippen LogP contribution is 2.41. The number of hydrogen-bond donors (Lipinski definition) is 1. The normalized spacial score (nSPS) is 16.7. The van der Waals surface area contributed by atoms with Gasteiger partial charge in [-0.1, -0.05) is 0 Å². The van der Waals surface area contributed by atoms with Crippen molar-refractivity contribution < 1.29 is 18.7 Å². The number of carbonyl (C=O) groups is 1. The number of rotatable bonds is 6. The molecule has 0 spiro atoms. The maximum atomic E-state index is 14.9. The number of nitrogens with one attached hydrogen (secondary N) is 1. The van der Waals surface area contributed by atoms with Crippen LogP contribution in [0.5, 0.6) is 5.75 Å². The molecular weight excluding hydrogens is 459 g/mol. The summed E-state index contributed by atoms with van der Waals surface area (Å²) in [4.78, 5) is 12.2. The Morgan fingerprint density at radius 1 is 1.11 bits per heavy atom. The first-order valence-corrected chi connectivity index (χ1v) is 12.7. The van der Waals surface area contributed by atoms with Gasteiger partial charge in [0.15, 0.2) is 0 Å². The average Bonchev–Trinajstić information content (AvgIpc) is 3.57. The van der Waals surface area contributed by atoms with Crippen molar-refractivity contribution in [2.24, 2.45) is 5.92 Å².